The minimum atomic E-state index is 0.0501. The summed E-state index contributed by atoms with van der Waals surface area (Å²) in [5.74, 6) is 0.0501. The van der Waals surface area contributed by atoms with Crippen LogP contribution in [-0.2, 0) is 22.6 Å². The van der Waals surface area contributed by atoms with Gasteiger partial charge in [0.25, 0.3) is 0 Å². The van der Waals surface area contributed by atoms with Crippen LogP contribution in [-0.4, -0.2) is 51.4 Å². The fraction of sp³-hybridized carbons (Fsp3) is 0.526. The Labute approximate surface area is 153 Å². The van der Waals surface area contributed by atoms with Crippen molar-refractivity contribution in [3.63, 3.8) is 0 Å². The summed E-state index contributed by atoms with van der Waals surface area (Å²) in [7, 11) is 0. The van der Waals surface area contributed by atoms with Crippen molar-refractivity contribution in [1.29, 1.82) is 0 Å². The summed E-state index contributed by atoms with van der Waals surface area (Å²) in [5, 5.41) is 7.47. The van der Waals surface area contributed by atoms with Gasteiger partial charge in [0.15, 0.2) is 0 Å². The Balaban J connectivity index is 1.39. The van der Waals surface area contributed by atoms with Gasteiger partial charge < -0.3 is 10.1 Å². The molecule has 1 fully saturated rings. The predicted octanol–water partition coefficient (Wildman–Crippen LogP) is 1.52. The molecule has 138 valence electrons. The zero-order chi connectivity index (χ0) is 17.8. The first kappa shape index (κ1) is 17.2. The third-order valence-electron chi connectivity index (χ3n) is 5.25. The highest BCUT2D eigenvalue weighted by Gasteiger charge is 2.31. The van der Waals surface area contributed by atoms with E-state index in [0.717, 1.165) is 44.7 Å². The van der Waals surface area contributed by atoms with Crippen LogP contribution < -0.4 is 5.32 Å². The number of pyridine rings is 1. The SMILES string of the molecule is O=C(C[C@@H]1CN(C2CCOCC2)Cc2ccnn21)NCc1cccnc1. The lowest BCUT2D eigenvalue weighted by Gasteiger charge is -2.40. The molecule has 0 aromatic carbocycles. The van der Waals surface area contributed by atoms with E-state index in [1.54, 1.807) is 12.4 Å². The molecular formula is C19H25N5O2. The van der Waals surface area contributed by atoms with E-state index in [1.165, 1.54) is 5.69 Å². The number of hydrogen-bond donors (Lipinski definition) is 1. The number of nitrogens with one attached hydrogen (secondary N) is 1. The number of ether oxygens (including phenoxy) is 1. The highest BCUT2D eigenvalue weighted by molar-refractivity contribution is 5.76. The molecule has 2 aromatic heterocycles. The van der Waals surface area contributed by atoms with Crippen molar-refractivity contribution >= 4 is 5.91 Å². The normalized spacial score (nSPS) is 21.3. The van der Waals surface area contributed by atoms with Gasteiger partial charge in [0.1, 0.15) is 0 Å². The van der Waals surface area contributed by atoms with E-state index >= 15 is 0 Å². The molecular weight excluding hydrogens is 330 g/mol. The van der Waals surface area contributed by atoms with Gasteiger partial charge in [-0.2, -0.15) is 5.10 Å². The maximum atomic E-state index is 12.5. The Bertz CT molecular complexity index is 727. The van der Waals surface area contributed by atoms with Gasteiger partial charge in [0.05, 0.1) is 18.2 Å². The van der Waals surface area contributed by atoms with E-state index < -0.39 is 0 Å². The summed E-state index contributed by atoms with van der Waals surface area (Å²) in [4.78, 5) is 19.1. The van der Waals surface area contributed by atoms with Crippen molar-refractivity contribution in [2.24, 2.45) is 0 Å². The molecule has 1 N–H and O–H groups in total. The molecule has 0 bridgehead atoms. The first-order valence-electron chi connectivity index (χ1n) is 9.29. The van der Waals surface area contributed by atoms with Crippen LogP contribution in [0.15, 0.2) is 36.8 Å². The van der Waals surface area contributed by atoms with Crippen molar-refractivity contribution in [2.45, 2.75) is 44.4 Å². The van der Waals surface area contributed by atoms with Crippen LogP contribution in [0, 0.1) is 0 Å². The van der Waals surface area contributed by atoms with E-state index in [0.29, 0.717) is 19.0 Å². The zero-order valence-corrected chi connectivity index (χ0v) is 14.9. The average molecular weight is 355 g/mol. The molecule has 4 rings (SSSR count). The van der Waals surface area contributed by atoms with Crippen molar-refractivity contribution in [1.82, 2.24) is 25.0 Å². The van der Waals surface area contributed by atoms with E-state index in [1.807, 2.05) is 23.0 Å². The lowest BCUT2D eigenvalue weighted by Crippen LogP contribution is -2.46. The number of carbonyl (C=O) groups excluding carboxylic acids is 1. The number of nitrogens with zero attached hydrogens (tertiary/aromatic N) is 4. The third-order valence-corrected chi connectivity index (χ3v) is 5.25. The highest BCUT2D eigenvalue weighted by Crippen LogP contribution is 2.27. The topological polar surface area (TPSA) is 72.3 Å². The molecule has 2 aromatic rings. The predicted molar refractivity (Wildman–Crippen MR) is 96.2 cm³/mol. The van der Waals surface area contributed by atoms with Crippen molar-refractivity contribution < 1.29 is 9.53 Å². The van der Waals surface area contributed by atoms with E-state index in [9.17, 15) is 4.79 Å². The van der Waals surface area contributed by atoms with Crippen LogP contribution in [0.5, 0.6) is 0 Å². The van der Waals surface area contributed by atoms with Crippen molar-refractivity contribution in [3.05, 3.63) is 48.0 Å². The molecule has 4 heterocycles. The van der Waals surface area contributed by atoms with Crippen molar-refractivity contribution in [3.8, 4) is 0 Å². The number of aromatic nitrogens is 3. The van der Waals surface area contributed by atoms with E-state index in [2.05, 4.69) is 26.4 Å². The first-order valence-corrected chi connectivity index (χ1v) is 9.29. The molecule has 0 unspecified atom stereocenters. The summed E-state index contributed by atoms with van der Waals surface area (Å²) < 4.78 is 7.52. The number of hydrogen-bond acceptors (Lipinski definition) is 5. The second-order valence-electron chi connectivity index (χ2n) is 7.04. The van der Waals surface area contributed by atoms with Gasteiger partial charge in [-0.25, -0.2) is 0 Å². The number of carbonyl (C=O) groups is 1. The smallest absolute Gasteiger partial charge is 0.222 e. The highest BCUT2D eigenvalue weighted by atomic mass is 16.5. The zero-order valence-electron chi connectivity index (χ0n) is 14.9. The fourth-order valence-corrected chi connectivity index (χ4v) is 3.89. The molecule has 1 saturated heterocycles. The van der Waals surface area contributed by atoms with Gasteiger partial charge in [-0.05, 0) is 30.5 Å². The second-order valence-corrected chi connectivity index (χ2v) is 7.04. The van der Waals surface area contributed by atoms with Gasteiger partial charge in [-0.15, -0.1) is 0 Å². The van der Waals surface area contributed by atoms with Crippen molar-refractivity contribution in [2.75, 3.05) is 19.8 Å². The first-order chi connectivity index (χ1) is 12.8. The monoisotopic (exact) mass is 355 g/mol. The minimum absolute atomic E-state index is 0.0501. The lowest BCUT2D eigenvalue weighted by molar-refractivity contribution is -0.122. The van der Waals surface area contributed by atoms with Crippen LogP contribution in [0.3, 0.4) is 0 Å². The summed E-state index contributed by atoms with van der Waals surface area (Å²) in [6, 6.07) is 6.52. The minimum Gasteiger partial charge on any atom is -0.381 e. The number of fused-ring (bicyclic) bond motifs is 1. The van der Waals surface area contributed by atoms with Crippen LogP contribution in [0.1, 0.15) is 36.6 Å². The molecule has 0 spiro atoms. The van der Waals surface area contributed by atoms with Crippen LogP contribution >= 0.6 is 0 Å². The quantitative estimate of drug-likeness (QED) is 0.880. The van der Waals surface area contributed by atoms with Gasteiger partial charge in [0.2, 0.25) is 5.91 Å². The molecule has 1 atom stereocenters. The molecule has 0 radical (unpaired) electrons. The molecule has 2 aliphatic rings. The van der Waals surface area contributed by atoms with Gasteiger partial charge in [0, 0.05) is 57.5 Å². The van der Waals surface area contributed by atoms with Gasteiger partial charge in [-0.3, -0.25) is 19.4 Å². The molecule has 1 amide bonds. The maximum absolute atomic E-state index is 12.5. The van der Waals surface area contributed by atoms with Gasteiger partial charge >= 0.3 is 0 Å². The fourth-order valence-electron chi connectivity index (χ4n) is 3.89. The largest absolute Gasteiger partial charge is 0.381 e. The summed E-state index contributed by atoms with van der Waals surface area (Å²) in [5.41, 5.74) is 2.20. The Hall–Kier alpha value is -2.25. The Morgan fingerprint density at radius 1 is 1.27 bits per heavy atom. The third kappa shape index (κ3) is 3.94. The Kier molecular flexibility index (Phi) is 5.26. The summed E-state index contributed by atoms with van der Waals surface area (Å²) in [6.07, 6.45) is 7.91. The van der Waals surface area contributed by atoms with E-state index in [-0.39, 0.29) is 11.9 Å². The lowest BCUT2D eigenvalue weighted by atomic mass is 10.0. The van der Waals surface area contributed by atoms with Crippen LogP contribution in [0.25, 0.3) is 0 Å². The summed E-state index contributed by atoms with van der Waals surface area (Å²) in [6.45, 7) is 3.93. The molecule has 0 aliphatic carbocycles. The number of amides is 1. The molecule has 7 nitrogen and oxygen atoms in total. The molecule has 26 heavy (non-hydrogen) atoms. The molecule has 0 saturated carbocycles. The van der Waals surface area contributed by atoms with E-state index in [4.69, 9.17) is 4.74 Å². The average Bonchev–Trinajstić information content (AvgIpc) is 3.17. The Morgan fingerprint density at radius 2 is 2.15 bits per heavy atom. The summed E-state index contributed by atoms with van der Waals surface area (Å²) >= 11 is 0. The molecule has 2 aliphatic heterocycles. The standard InChI is InChI=1S/C19H25N5O2/c25-19(21-12-15-2-1-6-20-11-15)10-18-14-23(16-4-8-26-9-5-16)13-17-3-7-22-24(17)18/h1-3,6-7,11,16,18H,4-5,8-10,12-14H2,(H,21,25)/t18-/m1/s1. The number of rotatable bonds is 5. The second kappa shape index (κ2) is 7.97. The maximum Gasteiger partial charge on any atom is 0.222 e. The van der Waals surface area contributed by atoms with Crippen LogP contribution in [0.4, 0.5) is 0 Å². The Morgan fingerprint density at radius 3 is 2.96 bits per heavy atom. The van der Waals surface area contributed by atoms with Crippen LogP contribution in [0.2, 0.25) is 0 Å². The van der Waals surface area contributed by atoms with Gasteiger partial charge in [-0.1, -0.05) is 6.07 Å². The molecule has 7 heteroatoms.